The Labute approximate surface area is 111 Å². The van der Waals surface area contributed by atoms with E-state index in [0.29, 0.717) is 18.7 Å². The van der Waals surface area contributed by atoms with Crippen LogP contribution < -0.4 is 0 Å². The van der Waals surface area contributed by atoms with E-state index in [2.05, 4.69) is 41.5 Å². The maximum absolute atomic E-state index is 10.5. The van der Waals surface area contributed by atoms with Gasteiger partial charge in [-0.15, -0.1) is 5.10 Å². The number of carboxylic acid groups (broad SMARTS) is 1. The number of aromatic nitrogens is 3. The van der Waals surface area contributed by atoms with Crippen LogP contribution in [0.5, 0.6) is 0 Å². The van der Waals surface area contributed by atoms with Gasteiger partial charge in [-0.25, -0.2) is 4.68 Å². The van der Waals surface area contributed by atoms with Gasteiger partial charge in [0.2, 0.25) is 0 Å². The minimum absolute atomic E-state index is 0.0872. The van der Waals surface area contributed by atoms with Gasteiger partial charge in [0.1, 0.15) is 0 Å². The van der Waals surface area contributed by atoms with Crippen molar-refractivity contribution in [3.63, 3.8) is 0 Å². The number of hydrogen-bond donors (Lipinski definition) is 1. The Balaban J connectivity index is 1.96. The molecule has 0 atom stereocenters. The minimum Gasteiger partial charge on any atom is -0.481 e. The molecule has 1 N–H and O–H groups in total. The van der Waals surface area contributed by atoms with Crippen molar-refractivity contribution in [3.05, 3.63) is 47.3 Å². The van der Waals surface area contributed by atoms with E-state index >= 15 is 0 Å². The van der Waals surface area contributed by atoms with Gasteiger partial charge in [-0.1, -0.05) is 36.4 Å². The molecule has 0 saturated carbocycles. The van der Waals surface area contributed by atoms with Gasteiger partial charge >= 0.3 is 5.97 Å². The molecule has 19 heavy (non-hydrogen) atoms. The van der Waals surface area contributed by atoms with Crippen LogP contribution in [0.1, 0.15) is 30.2 Å². The van der Waals surface area contributed by atoms with Crippen LogP contribution in [0.4, 0.5) is 0 Å². The molecule has 0 radical (unpaired) electrons. The highest BCUT2D eigenvalue weighted by Crippen LogP contribution is 2.07. The quantitative estimate of drug-likeness (QED) is 0.860. The third kappa shape index (κ3) is 3.91. The molecule has 0 aliphatic rings. The summed E-state index contributed by atoms with van der Waals surface area (Å²) in [7, 11) is 0. The van der Waals surface area contributed by atoms with Gasteiger partial charge in [-0.3, -0.25) is 4.79 Å². The van der Waals surface area contributed by atoms with E-state index in [1.807, 2.05) is 0 Å². The first-order chi connectivity index (χ1) is 9.17. The summed E-state index contributed by atoms with van der Waals surface area (Å²) in [5, 5.41) is 16.6. The van der Waals surface area contributed by atoms with Gasteiger partial charge < -0.3 is 5.11 Å². The molecule has 5 nitrogen and oxygen atoms in total. The molecule has 1 aromatic carbocycles. The number of rotatable bonds is 6. The molecule has 0 aliphatic heterocycles. The van der Waals surface area contributed by atoms with E-state index in [1.165, 1.54) is 5.56 Å². The smallest absolute Gasteiger partial charge is 0.303 e. The van der Waals surface area contributed by atoms with Crippen LogP contribution in [0.25, 0.3) is 0 Å². The second-order valence-corrected chi connectivity index (χ2v) is 4.47. The number of carbonyl (C=O) groups is 1. The van der Waals surface area contributed by atoms with Crippen LogP contribution in [0.2, 0.25) is 0 Å². The third-order valence-electron chi connectivity index (χ3n) is 2.96. The lowest BCUT2D eigenvalue weighted by molar-refractivity contribution is -0.136. The Morgan fingerprint density at radius 3 is 2.58 bits per heavy atom. The first-order valence-electron chi connectivity index (χ1n) is 6.36. The van der Waals surface area contributed by atoms with E-state index in [4.69, 9.17) is 5.11 Å². The highest BCUT2D eigenvalue weighted by Gasteiger charge is 2.04. The van der Waals surface area contributed by atoms with Crippen LogP contribution >= 0.6 is 0 Å². The SMILES string of the molecule is CCc1ccc(Cn2cc(CCC(=O)O)nn2)cc1. The third-order valence-corrected chi connectivity index (χ3v) is 2.96. The van der Waals surface area contributed by atoms with E-state index in [0.717, 1.165) is 12.0 Å². The summed E-state index contributed by atoms with van der Waals surface area (Å²) >= 11 is 0. The molecule has 100 valence electrons. The Morgan fingerprint density at radius 1 is 1.26 bits per heavy atom. The lowest BCUT2D eigenvalue weighted by Gasteiger charge is -2.02. The van der Waals surface area contributed by atoms with E-state index < -0.39 is 5.97 Å². The monoisotopic (exact) mass is 259 g/mol. The minimum atomic E-state index is -0.815. The number of aliphatic carboxylic acids is 1. The average Bonchev–Trinajstić information content (AvgIpc) is 2.85. The van der Waals surface area contributed by atoms with Gasteiger partial charge in [0.15, 0.2) is 0 Å². The second-order valence-electron chi connectivity index (χ2n) is 4.47. The number of hydrogen-bond acceptors (Lipinski definition) is 3. The number of benzene rings is 1. The molecule has 0 fully saturated rings. The van der Waals surface area contributed by atoms with Crippen LogP contribution in [-0.2, 0) is 24.2 Å². The first-order valence-corrected chi connectivity index (χ1v) is 6.36. The van der Waals surface area contributed by atoms with E-state index in [-0.39, 0.29) is 6.42 Å². The Bertz CT molecular complexity index is 546. The Hall–Kier alpha value is -2.17. The highest BCUT2D eigenvalue weighted by atomic mass is 16.4. The second kappa shape index (κ2) is 6.13. The van der Waals surface area contributed by atoms with Crippen molar-refractivity contribution in [1.82, 2.24) is 15.0 Å². The van der Waals surface area contributed by atoms with Crippen LogP contribution in [-0.4, -0.2) is 26.1 Å². The van der Waals surface area contributed by atoms with Crippen molar-refractivity contribution in [2.75, 3.05) is 0 Å². The fourth-order valence-corrected chi connectivity index (χ4v) is 1.83. The molecule has 5 heteroatoms. The average molecular weight is 259 g/mol. The van der Waals surface area contributed by atoms with E-state index in [9.17, 15) is 4.79 Å². The zero-order chi connectivity index (χ0) is 13.7. The summed E-state index contributed by atoms with van der Waals surface area (Å²) in [5.74, 6) is -0.815. The van der Waals surface area contributed by atoms with Crippen molar-refractivity contribution >= 4 is 5.97 Å². The summed E-state index contributed by atoms with van der Waals surface area (Å²) in [4.78, 5) is 10.5. The lowest BCUT2D eigenvalue weighted by Crippen LogP contribution is -2.00. The van der Waals surface area contributed by atoms with Crippen LogP contribution in [0.15, 0.2) is 30.5 Å². The predicted octanol–water partition coefficient (Wildman–Crippen LogP) is 1.91. The summed E-state index contributed by atoms with van der Waals surface area (Å²) < 4.78 is 1.73. The topological polar surface area (TPSA) is 68.0 Å². The molecule has 1 aromatic heterocycles. The van der Waals surface area contributed by atoms with Crippen molar-refractivity contribution in [2.45, 2.75) is 32.7 Å². The van der Waals surface area contributed by atoms with Crippen molar-refractivity contribution < 1.29 is 9.90 Å². The highest BCUT2D eigenvalue weighted by molar-refractivity contribution is 5.66. The van der Waals surface area contributed by atoms with Gasteiger partial charge in [-0.05, 0) is 17.5 Å². The summed E-state index contributed by atoms with van der Waals surface area (Å²) in [6, 6.07) is 8.38. The number of aryl methyl sites for hydroxylation is 2. The van der Waals surface area contributed by atoms with Gasteiger partial charge in [0, 0.05) is 12.6 Å². The normalized spacial score (nSPS) is 10.6. The zero-order valence-electron chi connectivity index (χ0n) is 10.9. The molecule has 0 aliphatic carbocycles. The zero-order valence-corrected chi connectivity index (χ0v) is 10.9. The van der Waals surface area contributed by atoms with Gasteiger partial charge in [0.25, 0.3) is 0 Å². The molecular formula is C14H17N3O2. The van der Waals surface area contributed by atoms with Gasteiger partial charge in [-0.2, -0.15) is 0 Å². The maximum Gasteiger partial charge on any atom is 0.303 e. The number of carboxylic acids is 1. The largest absolute Gasteiger partial charge is 0.481 e. The first kappa shape index (κ1) is 13.3. The lowest BCUT2D eigenvalue weighted by atomic mass is 10.1. The summed E-state index contributed by atoms with van der Waals surface area (Å²) in [5.41, 5.74) is 3.18. The van der Waals surface area contributed by atoms with Crippen LogP contribution in [0.3, 0.4) is 0 Å². The number of nitrogens with zero attached hydrogens (tertiary/aromatic N) is 3. The molecule has 0 unspecified atom stereocenters. The van der Waals surface area contributed by atoms with E-state index in [1.54, 1.807) is 10.9 Å². The summed E-state index contributed by atoms with van der Waals surface area (Å²) in [6.07, 6.45) is 3.34. The molecular weight excluding hydrogens is 242 g/mol. The molecule has 0 spiro atoms. The fraction of sp³-hybridized carbons (Fsp3) is 0.357. The van der Waals surface area contributed by atoms with Crippen molar-refractivity contribution in [3.8, 4) is 0 Å². The summed E-state index contributed by atoms with van der Waals surface area (Å²) in [6.45, 7) is 2.78. The molecule has 0 bridgehead atoms. The van der Waals surface area contributed by atoms with Crippen molar-refractivity contribution in [1.29, 1.82) is 0 Å². The van der Waals surface area contributed by atoms with Gasteiger partial charge in [0.05, 0.1) is 18.7 Å². The standard InChI is InChI=1S/C14H17N3O2/c1-2-11-3-5-12(6-4-11)9-17-10-13(15-16-17)7-8-14(18)19/h3-6,10H,2,7-9H2,1H3,(H,18,19). The van der Waals surface area contributed by atoms with Crippen molar-refractivity contribution in [2.24, 2.45) is 0 Å². The Kier molecular flexibility index (Phi) is 4.28. The molecule has 2 rings (SSSR count). The predicted molar refractivity (Wildman–Crippen MR) is 70.9 cm³/mol. The Morgan fingerprint density at radius 2 is 1.95 bits per heavy atom. The molecule has 1 heterocycles. The molecule has 2 aromatic rings. The maximum atomic E-state index is 10.5. The molecule has 0 saturated heterocycles. The fourth-order valence-electron chi connectivity index (χ4n) is 1.83. The molecule has 0 amide bonds. The van der Waals surface area contributed by atoms with Crippen LogP contribution in [0, 0.1) is 0 Å².